The second kappa shape index (κ2) is 8.11. The predicted molar refractivity (Wildman–Crippen MR) is 74.6 cm³/mol. The first-order valence-electron chi connectivity index (χ1n) is 5.95. The maximum atomic E-state index is 11.7. The number of unbranched alkanes of at least 4 members (excludes halogenated alkanes) is 1. The lowest BCUT2D eigenvalue weighted by molar-refractivity contribution is 0.0313. The standard InChI is InChI=1S/C13H18BrNO3/c1-2-3-7-17-8-9-18-13(16)10-5-4-6-11(15)12(10)14/h4-6H,2-3,7-9,15H2,1H3. The Hall–Kier alpha value is -1.07. The van der Waals surface area contributed by atoms with Crippen LogP contribution in [-0.4, -0.2) is 25.8 Å². The molecule has 1 aromatic carbocycles. The fourth-order valence-electron chi connectivity index (χ4n) is 1.33. The number of carbonyl (C=O) groups is 1. The van der Waals surface area contributed by atoms with Gasteiger partial charge in [0.25, 0.3) is 0 Å². The van der Waals surface area contributed by atoms with Crippen LogP contribution < -0.4 is 5.73 Å². The zero-order valence-electron chi connectivity index (χ0n) is 10.4. The van der Waals surface area contributed by atoms with Crippen molar-refractivity contribution >= 4 is 27.6 Å². The lowest BCUT2D eigenvalue weighted by Gasteiger charge is -2.08. The van der Waals surface area contributed by atoms with Gasteiger partial charge in [-0.2, -0.15) is 0 Å². The summed E-state index contributed by atoms with van der Waals surface area (Å²) in [6.07, 6.45) is 2.12. The fourth-order valence-corrected chi connectivity index (χ4v) is 1.75. The SMILES string of the molecule is CCCCOCCOC(=O)c1cccc(N)c1Br. The van der Waals surface area contributed by atoms with Gasteiger partial charge < -0.3 is 15.2 Å². The van der Waals surface area contributed by atoms with Crippen LogP contribution in [0.4, 0.5) is 5.69 Å². The molecule has 0 spiro atoms. The summed E-state index contributed by atoms with van der Waals surface area (Å²) in [7, 11) is 0. The predicted octanol–water partition coefficient (Wildman–Crippen LogP) is 3.00. The van der Waals surface area contributed by atoms with Crippen molar-refractivity contribution in [3.63, 3.8) is 0 Å². The number of ether oxygens (including phenoxy) is 2. The fraction of sp³-hybridized carbons (Fsp3) is 0.462. The Morgan fingerprint density at radius 1 is 1.33 bits per heavy atom. The number of nitrogen functional groups attached to an aromatic ring is 1. The van der Waals surface area contributed by atoms with E-state index in [4.69, 9.17) is 15.2 Å². The van der Waals surface area contributed by atoms with Gasteiger partial charge in [-0.15, -0.1) is 0 Å². The van der Waals surface area contributed by atoms with Gasteiger partial charge in [0.2, 0.25) is 0 Å². The van der Waals surface area contributed by atoms with Gasteiger partial charge in [-0.05, 0) is 34.5 Å². The summed E-state index contributed by atoms with van der Waals surface area (Å²) in [5.74, 6) is -0.395. The van der Waals surface area contributed by atoms with Crippen LogP contribution in [0.15, 0.2) is 22.7 Å². The molecule has 0 heterocycles. The molecule has 0 aromatic heterocycles. The number of benzene rings is 1. The van der Waals surface area contributed by atoms with Crippen LogP contribution in [0.3, 0.4) is 0 Å². The van der Waals surface area contributed by atoms with Crippen LogP contribution in [0.5, 0.6) is 0 Å². The van der Waals surface area contributed by atoms with Gasteiger partial charge in [-0.25, -0.2) is 4.79 Å². The topological polar surface area (TPSA) is 61.5 Å². The Balaban J connectivity index is 2.35. The van der Waals surface area contributed by atoms with E-state index in [0.29, 0.717) is 28.9 Å². The van der Waals surface area contributed by atoms with Crippen LogP contribution in [-0.2, 0) is 9.47 Å². The van der Waals surface area contributed by atoms with Gasteiger partial charge >= 0.3 is 5.97 Å². The average molecular weight is 316 g/mol. The Kier molecular flexibility index (Phi) is 6.75. The molecule has 4 nitrogen and oxygen atoms in total. The summed E-state index contributed by atoms with van der Waals surface area (Å²) in [5.41, 5.74) is 6.64. The van der Waals surface area contributed by atoms with E-state index in [0.717, 1.165) is 12.8 Å². The van der Waals surface area contributed by atoms with Gasteiger partial charge in [0, 0.05) is 12.3 Å². The number of hydrogen-bond donors (Lipinski definition) is 1. The summed E-state index contributed by atoms with van der Waals surface area (Å²) >= 11 is 3.27. The molecule has 2 N–H and O–H groups in total. The molecule has 1 rings (SSSR count). The maximum Gasteiger partial charge on any atom is 0.339 e. The third-order valence-electron chi connectivity index (χ3n) is 2.35. The van der Waals surface area contributed by atoms with Gasteiger partial charge in [0.1, 0.15) is 6.61 Å². The second-order valence-corrected chi connectivity index (χ2v) is 4.60. The lowest BCUT2D eigenvalue weighted by Crippen LogP contribution is -2.12. The summed E-state index contributed by atoms with van der Waals surface area (Å²) in [4.78, 5) is 11.7. The van der Waals surface area contributed by atoms with Crippen molar-refractivity contribution in [3.8, 4) is 0 Å². The highest BCUT2D eigenvalue weighted by Crippen LogP contribution is 2.24. The van der Waals surface area contributed by atoms with Crippen molar-refractivity contribution in [3.05, 3.63) is 28.2 Å². The molecular formula is C13H18BrNO3. The minimum Gasteiger partial charge on any atom is -0.460 e. The van der Waals surface area contributed by atoms with Crippen molar-refractivity contribution < 1.29 is 14.3 Å². The molecule has 0 amide bonds. The normalized spacial score (nSPS) is 10.3. The molecule has 0 unspecified atom stereocenters. The molecule has 18 heavy (non-hydrogen) atoms. The molecule has 100 valence electrons. The number of rotatable bonds is 7. The molecule has 0 fully saturated rings. The zero-order chi connectivity index (χ0) is 13.4. The third kappa shape index (κ3) is 4.66. The number of carbonyl (C=O) groups excluding carboxylic acids is 1. The van der Waals surface area contributed by atoms with Crippen LogP contribution in [0.2, 0.25) is 0 Å². The van der Waals surface area contributed by atoms with Crippen molar-refractivity contribution in [1.82, 2.24) is 0 Å². The number of anilines is 1. The highest BCUT2D eigenvalue weighted by molar-refractivity contribution is 9.10. The number of halogens is 1. The zero-order valence-corrected chi connectivity index (χ0v) is 12.0. The molecular weight excluding hydrogens is 298 g/mol. The second-order valence-electron chi connectivity index (χ2n) is 3.81. The van der Waals surface area contributed by atoms with E-state index in [1.807, 2.05) is 0 Å². The maximum absolute atomic E-state index is 11.7. The Morgan fingerprint density at radius 3 is 2.83 bits per heavy atom. The molecule has 0 aliphatic rings. The van der Waals surface area contributed by atoms with Crippen LogP contribution in [0.1, 0.15) is 30.1 Å². The van der Waals surface area contributed by atoms with Crippen molar-refractivity contribution in [1.29, 1.82) is 0 Å². The smallest absolute Gasteiger partial charge is 0.339 e. The van der Waals surface area contributed by atoms with E-state index in [1.165, 1.54) is 0 Å². The van der Waals surface area contributed by atoms with E-state index in [1.54, 1.807) is 18.2 Å². The highest BCUT2D eigenvalue weighted by Gasteiger charge is 2.12. The van der Waals surface area contributed by atoms with Crippen molar-refractivity contribution in [2.75, 3.05) is 25.6 Å². The summed E-state index contributed by atoms with van der Waals surface area (Å²) < 4.78 is 11.0. The number of hydrogen-bond acceptors (Lipinski definition) is 4. The van der Waals surface area contributed by atoms with E-state index >= 15 is 0 Å². The average Bonchev–Trinajstić information content (AvgIpc) is 2.36. The Bertz CT molecular complexity index is 396. The number of nitrogens with two attached hydrogens (primary N) is 1. The molecule has 0 radical (unpaired) electrons. The van der Waals surface area contributed by atoms with Crippen LogP contribution >= 0.6 is 15.9 Å². The first kappa shape index (κ1) is 15.0. The van der Waals surface area contributed by atoms with E-state index in [9.17, 15) is 4.79 Å². The molecule has 0 saturated heterocycles. The van der Waals surface area contributed by atoms with Gasteiger partial charge in [0.05, 0.1) is 16.6 Å². The van der Waals surface area contributed by atoms with Crippen molar-refractivity contribution in [2.24, 2.45) is 0 Å². The Labute approximate surface area is 116 Å². The first-order valence-corrected chi connectivity index (χ1v) is 6.75. The molecule has 0 saturated carbocycles. The molecule has 0 bridgehead atoms. The van der Waals surface area contributed by atoms with Gasteiger partial charge in [0.15, 0.2) is 0 Å². The molecule has 0 atom stereocenters. The lowest BCUT2D eigenvalue weighted by atomic mass is 10.2. The molecule has 5 heteroatoms. The summed E-state index contributed by atoms with van der Waals surface area (Å²) in [5, 5.41) is 0. The van der Waals surface area contributed by atoms with E-state index in [-0.39, 0.29) is 6.61 Å². The Morgan fingerprint density at radius 2 is 2.11 bits per heavy atom. The monoisotopic (exact) mass is 315 g/mol. The van der Waals surface area contributed by atoms with Crippen molar-refractivity contribution in [2.45, 2.75) is 19.8 Å². The molecule has 1 aromatic rings. The highest BCUT2D eigenvalue weighted by atomic mass is 79.9. The van der Waals surface area contributed by atoms with Crippen LogP contribution in [0.25, 0.3) is 0 Å². The minimum absolute atomic E-state index is 0.254. The molecule has 0 aliphatic heterocycles. The third-order valence-corrected chi connectivity index (χ3v) is 3.24. The van der Waals surface area contributed by atoms with E-state index in [2.05, 4.69) is 22.9 Å². The van der Waals surface area contributed by atoms with Gasteiger partial charge in [-0.1, -0.05) is 19.4 Å². The first-order chi connectivity index (χ1) is 8.66. The minimum atomic E-state index is -0.395. The number of esters is 1. The molecule has 0 aliphatic carbocycles. The largest absolute Gasteiger partial charge is 0.460 e. The summed E-state index contributed by atoms with van der Waals surface area (Å²) in [6, 6.07) is 5.10. The summed E-state index contributed by atoms with van der Waals surface area (Å²) in [6.45, 7) is 3.48. The quantitative estimate of drug-likeness (QED) is 0.477. The van der Waals surface area contributed by atoms with Gasteiger partial charge in [-0.3, -0.25) is 0 Å². The van der Waals surface area contributed by atoms with Crippen LogP contribution in [0, 0.1) is 0 Å². The van der Waals surface area contributed by atoms with E-state index < -0.39 is 5.97 Å².